The van der Waals surface area contributed by atoms with Crippen LogP contribution in [0.4, 0.5) is 0 Å². The molecule has 2 heteroatoms. The fourth-order valence-corrected chi connectivity index (χ4v) is 1.39. The van der Waals surface area contributed by atoms with E-state index in [2.05, 4.69) is 45.7 Å². The van der Waals surface area contributed by atoms with Gasteiger partial charge >= 0.3 is 0 Å². The lowest BCUT2D eigenvalue weighted by Gasteiger charge is -2.11. The van der Waals surface area contributed by atoms with Crippen LogP contribution in [-0.2, 0) is 0 Å². The molecule has 2 atom stereocenters. The van der Waals surface area contributed by atoms with Crippen molar-refractivity contribution in [2.75, 3.05) is 6.29 Å². The molecule has 1 unspecified atom stereocenters. The Kier molecular flexibility index (Phi) is 3.55. The quantitative estimate of drug-likeness (QED) is 0.680. The Bertz CT molecular complexity index is 198. The molecule has 1 aromatic carbocycles. The Balaban J connectivity index is 2.61. The van der Waals surface area contributed by atoms with E-state index in [1.807, 2.05) is 6.07 Å². The molecule has 0 saturated heterocycles. The summed E-state index contributed by atoms with van der Waals surface area (Å²) in [6.45, 7) is 2.17. The molecular weight excluding hydrogens is 153 g/mol. The van der Waals surface area contributed by atoms with Gasteiger partial charge < -0.3 is 5.32 Å². The van der Waals surface area contributed by atoms with Crippen LogP contribution in [0, 0.1) is 0 Å². The third-order valence-electron chi connectivity index (χ3n) is 1.72. The van der Waals surface area contributed by atoms with Gasteiger partial charge in [0.2, 0.25) is 0 Å². The fourth-order valence-electron chi connectivity index (χ4n) is 1.04. The maximum atomic E-state index is 3.32. The molecule has 0 bridgehead atoms. The highest BCUT2D eigenvalue weighted by molar-refractivity contribution is 7.16. The summed E-state index contributed by atoms with van der Waals surface area (Å²) in [7, 11) is 2.66. The number of hydrogen-bond donors (Lipinski definition) is 1. The Morgan fingerprint density at radius 1 is 1.36 bits per heavy atom. The number of rotatable bonds is 3. The van der Waals surface area contributed by atoms with E-state index >= 15 is 0 Å². The highest BCUT2D eigenvalue weighted by Crippen LogP contribution is 2.10. The van der Waals surface area contributed by atoms with Gasteiger partial charge in [-0.2, -0.15) is 0 Å². The zero-order valence-electron chi connectivity index (χ0n) is 6.75. The molecule has 11 heavy (non-hydrogen) atoms. The van der Waals surface area contributed by atoms with Gasteiger partial charge in [0.15, 0.2) is 0 Å². The molecule has 1 N–H and O–H groups in total. The Labute approximate surface area is 70.4 Å². The minimum atomic E-state index is 0.452. The molecule has 1 aromatic rings. The van der Waals surface area contributed by atoms with Crippen LogP contribution in [0.1, 0.15) is 18.5 Å². The molecule has 0 fully saturated rings. The van der Waals surface area contributed by atoms with Crippen molar-refractivity contribution in [3.8, 4) is 0 Å². The molecule has 0 amide bonds. The molecule has 0 saturated carbocycles. The average Bonchev–Trinajstić information content (AvgIpc) is 2.07. The molecule has 0 radical (unpaired) electrons. The topological polar surface area (TPSA) is 12.0 Å². The summed E-state index contributed by atoms with van der Waals surface area (Å²) in [5.41, 5.74) is 1.34. The highest BCUT2D eigenvalue weighted by Gasteiger charge is 1.99. The van der Waals surface area contributed by atoms with E-state index in [1.165, 1.54) is 5.56 Å². The molecule has 0 aromatic heterocycles. The first-order valence-electron chi connectivity index (χ1n) is 3.83. The van der Waals surface area contributed by atoms with Crippen molar-refractivity contribution < 1.29 is 0 Å². The van der Waals surface area contributed by atoms with Gasteiger partial charge in [0.25, 0.3) is 0 Å². The summed E-state index contributed by atoms with van der Waals surface area (Å²) >= 11 is 0. The van der Waals surface area contributed by atoms with E-state index in [0.717, 1.165) is 6.29 Å². The van der Waals surface area contributed by atoms with E-state index in [-0.39, 0.29) is 0 Å². The van der Waals surface area contributed by atoms with E-state index in [0.29, 0.717) is 6.04 Å². The first-order chi connectivity index (χ1) is 5.34. The normalized spacial score (nSPS) is 12.9. The predicted octanol–water partition coefficient (Wildman–Crippen LogP) is 2.17. The number of benzene rings is 1. The van der Waals surface area contributed by atoms with Gasteiger partial charge in [-0.15, -0.1) is 9.24 Å². The minimum absolute atomic E-state index is 0.452. The summed E-state index contributed by atoms with van der Waals surface area (Å²) in [4.78, 5) is 0. The zero-order valence-corrected chi connectivity index (χ0v) is 7.90. The third kappa shape index (κ3) is 2.61. The summed E-state index contributed by atoms with van der Waals surface area (Å²) in [6, 6.07) is 10.9. The van der Waals surface area contributed by atoms with Crippen molar-refractivity contribution in [1.29, 1.82) is 0 Å². The van der Waals surface area contributed by atoms with E-state index < -0.39 is 0 Å². The van der Waals surface area contributed by atoms with Gasteiger partial charge in [0.1, 0.15) is 0 Å². The maximum Gasteiger partial charge on any atom is 0.0294 e. The van der Waals surface area contributed by atoms with Gasteiger partial charge in [0, 0.05) is 12.3 Å². The first kappa shape index (κ1) is 8.70. The van der Waals surface area contributed by atoms with E-state index in [9.17, 15) is 0 Å². The SMILES string of the molecule is C[C@H](NCP)c1ccccc1. The molecule has 0 aliphatic rings. The van der Waals surface area contributed by atoms with Crippen molar-refractivity contribution in [2.24, 2.45) is 0 Å². The van der Waals surface area contributed by atoms with Crippen LogP contribution in [0.2, 0.25) is 0 Å². The monoisotopic (exact) mass is 167 g/mol. The number of nitrogens with one attached hydrogen (secondary N) is 1. The zero-order chi connectivity index (χ0) is 8.10. The molecule has 60 valence electrons. The van der Waals surface area contributed by atoms with Gasteiger partial charge in [-0.1, -0.05) is 30.3 Å². The maximum absolute atomic E-state index is 3.32. The van der Waals surface area contributed by atoms with E-state index in [4.69, 9.17) is 0 Å². The highest BCUT2D eigenvalue weighted by atomic mass is 31.0. The van der Waals surface area contributed by atoms with Crippen LogP contribution in [0.25, 0.3) is 0 Å². The first-order valence-corrected chi connectivity index (χ1v) is 4.64. The minimum Gasteiger partial charge on any atom is -0.307 e. The van der Waals surface area contributed by atoms with Crippen LogP contribution in [0.3, 0.4) is 0 Å². The average molecular weight is 167 g/mol. The molecule has 0 aliphatic heterocycles. The third-order valence-corrected chi connectivity index (χ3v) is 1.96. The van der Waals surface area contributed by atoms with E-state index in [1.54, 1.807) is 0 Å². The van der Waals surface area contributed by atoms with Crippen molar-refractivity contribution in [2.45, 2.75) is 13.0 Å². The summed E-state index contributed by atoms with van der Waals surface area (Å²) in [5.74, 6) is 0. The molecular formula is C9H14NP. The second-order valence-electron chi connectivity index (χ2n) is 2.54. The lowest BCUT2D eigenvalue weighted by molar-refractivity contribution is 0.639. The van der Waals surface area contributed by atoms with Crippen molar-refractivity contribution in [3.63, 3.8) is 0 Å². The lowest BCUT2D eigenvalue weighted by Crippen LogP contribution is -2.15. The molecule has 1 nitrogen and oxygen atoms in total. The van der Waals surface area contributed by atoms with Crippen LogP contribution < -0.4 is 5.32 Å². The Morgan fingerprint density at radius 3 is 2.55 bits per heavy atom. The van der Waals surface area contributed by atoms with Crippen LogP contribution >= 0.6 is 9.24 Å². The van der Waals surface area contributed by atoms with Crippen molar-refractivity contribution >= 4 is 9.24 Å². The fraction of sp³-hybridized carbons (Fsp3) is 0.333. The smallest absolute Gasteiger partial charge is 0.0294 e. The summed E-state index contributed by atoms with van der Waals surface area (Å²) in [5, 5.41) is 3.32. The Morgan fingerprint density at radius 2 is 2.00 bits per heavy atom. The van der Waals surface area contributed by atoms with Crippen LogP contribution in [0.15, 0.2) is 30.3 Å². The summed E-state index contributed by atoms with van der Waals surface area (Å²) in [6.07, 6.45) is 0.941. The predicted molar refractivity (Wildman–Crippen MR) is 52.6 cm³/mol. The van der Waals surface area contributed by atoms with Crippen LogP contribution in [-0.4, -0.2) is 6.29 Å². The summed E-state index contributed by atoms with van der Waals surface area (Å²) < 4.78 is 0. The van der Waals surface area contributed by atoms with Crippen molar-refractivity contribution in [1.82, 2.24) is 5.32 Å². The molecule has 0 heterocycles. The molecule has 0 aliphatic carbocycles. The van der Waals surface area contributed by atoms with Gasteiger partial charge in [0.05, 0.1) is 0 Å². The lowest BCUT2D eigenvalue weighted by atomic mass is 10.1. The standard InChI is InChI=1S/C9H14NP/c1-8(10-7-11)9-5-3-2-4-6-9/h2-6,8,10H,7,11H2,1H3/t8-/m0/s1. The number of hydrogen-bond acceptors (Lipinski definition) is 1. The van der Waals surface area contributed by atoms with Crippen molar-refractivity contribution in [3.05, 3.63) is 35.9 Å². The van der Waals surface area contributed by atoms with Gasteiger partial charge in [-0.05, 0) is 12.5 Å². The van der Waals surface area contributed by atoms with Gasteiger partial charge in [-0.3, -0.25) is 0 Å². The molecule has 0 spiro atoms. The van der Waals surface area contributed by atoms with Crippen LogP contribution in [0.5, 0.6) is 0 Å². The van der Waals surface area contributed by atoms with Gasteiger partial charge in [-0.25, -0.2) is 0 Å². The Hall–Kier alpha value is -0.390. The second-order valence-corrected chi connectivity index (χ2v) is 2.95. The second kappa shape index (κ2) is 4.48. The molecule has 1 rings (SSSR count). The largest absolute Gasteiger partial charge is 0.307 e.